The fourth-order valence-electron chi connectivity index (χ4n) is 4.23. The average Bonchev–Trinajstić information content (AvgIpc) is 2.70. The highest BCUT2D eigenvalue weighted by atomic mass is 19.1. The van der Waals surface area contributed by atoms with E-state index < -0.39 is 18.3 Å². The molecule has 0 fully saturated rings. The molecule has 3 atom stereocenters. The van der Waals surface area contributed by atoms with Crippen LogP contribution in [0.25, 0.3) is 21.9 Å². The lowest BCUT2D eigenvalue weighted by Crippen LogP contribution is -2.29. The van der Waals surface area contributed by atoms with E-state index in [0.29, 0.717) is 17.5 Å². The lowest BCUT2D eigenvalue weighted by molar-refractivity contribution is 0.103. The van der Waals surface area contributed by atoms with E-state index in [4.69, 9.17) is 5.26 Å². The molecule has 1 nitrogen and oxygen atoms in total. The highest BCUT2D eigenvalue weighted by molar-refractivity contribution is 5.91. The predicted molar refractivity (Wildman–Crippen MR) is 105 cm³/mol. The van der Waals surface area contributed by atoms with Crippen LogP contribution >= 0.6 is 0 Å². The minimum Gasteiger partial charge on any atom is -0.247 e. The Labute approximate surface area is 158 Å². The first-order valence-electron chi connectivity index (χ1n) is 9.46. The van der Waals surface area contributed by atoms with E-state index in [0.717, 1.165) is 33.9 Å². The van der Waals surface area contributed by atoms with Crippen LogP contribution in [0.1, 0.15) is 42.6 Å². The van der Waals surface area contributed by atoms with Gasteiger partial charge < -0.3 is 0 Å². The highest BCUT2D eigenvalue weighted by Gasteiger charge is 2.37. The molecule has 0 spiro atoms. The summed E-state index contributed by atoms with van der Waals surface area (Å²) in [4.78, 5) is 0. The number of benzene rings is 3. The Morgan fingerprint density at radius 3 is 2.44 bits per heavy atom. The number of rotatable bonds is 3. The molecule has 1 aliphatic carbocycles. The van der Waals surface area contributed by atoms with Gasteiger partial charge in [0.15, 0.2) is 0 Å². The smallest absolute Gasteiger partial charge is 0.131 e. The van der Waals surface area contributed by atoms with Crippen molar-refractivity contribution in [1.29, 1.82) is 5.26 Å². The number of hydrogen-bond acceptors (Lipinski definition) is 1. The summed E-state index contributed by atoms with van der Waals surface area (Å²) < 4.78 is 29.6. The van der Waals surface area contributed by atoms with E-state index in [9.17, 15) is 8.78 Å². The minimum atomic E-state index is -1.23. The Hall–Kier alpha value is -2.73. The SMILES string of the molecule is CCCC1C(F)Cc2c(ccc3cc(-c4ccc(C#N)cc4)ccc23)C1F. The van der Waals surface area contributed by atoms with Crippen molar-refractivity contribution in [1.82, 2.24) is 0 Å². The third-order valence-electron chi connectivity index (χ3n) is 5.67. The third kappa shape index (κ3) is 3.10. The van der Waals surface area contributed by atoms with Crippen LogP contribution in [-0.2, 0) is 6.42 Å². The second-order valence-electron chi connectivity index (χ2n) is 7.33. The second kappa shape index (κ2) is 7.12. The summed E-state index contributed by atoms with van der Waals surface area (Å²) in [5.74, 6) is -0.530. The number of halogens is 2. The second-order valence-corrected chi connectivity index (χ2v) is 7.33. The molecule has 0 N–H and O–H groups in total. The first-order chi connectivity index (χ1) is 13.1. The summed E-state index contributed by atoms with van der Waals surface area (Å²) in [6, 6.07) is 19.3. The van der Waals surface area contributed by atoms with E-state index >= 15 is 0 Å². The van der Waals surface area contributed by atoms with Crippen LogP contribution in [0, 0.1) is 17.2 Å². The summed E-state index contributed by atoms with van der Waals surface area (Å²) >= 11 is 0. The molecule has 0 aromatic heterocycles. The minimum absolute atomic E-state index is 0.286. The Bertz CT molecular complexity index is 1020. The molecule has 136 valence electrons. The Morgan fingerprint density at radius 1 is 1.00 bits per heavy atom. The fraction of sp³-hybridized carbons (Fsp3) is 0.292. The van der Waals surface area contributed by atoms with Gasteiger partial charge in [-0.1, -0.05) is 49.7 Å². The van der Waals surface area contributed by atoms with Crippen LogP contribution in [-0.4, -0.2) is 6.17 Å². The summed E-state index contributed by atoms with van der Waals surface area (Å²) in [5, 5.41) is 10.9. The number of hydrogen-bond donors (Lipinski definition) is 0. The molecule has 3 unspecified atom stereocenters. The van der Waals surface area contributed by atoms with Crippen LogP contribution in [0.3, 0.4) is 0 Å². The maximum atomic E-state index is 15.0. The van der Waals surface area contributed by atoms with Crippen molar-refractivity contribution >= 4 is 10.8 Å². The molecule has 0 heterocycles. The molecule has 1 aliphatic rings. The van der Waals surface area contributed by atoms with Gasteiger partial charge in [-0.3, -0.25) is 0 Å². The zero-order valence-corrected chi connectivity index (χ0v) is 15.3. The largest absolute Gasteiger partial charge is 0.247 e. The quantitative estimate of drug-likeness (QED) is 0.509. The van der Waals surface area contributed by atoms with E-state index in [1.165, 1.54) is 0 Å². The molecule has 3 aromatic rings. The third-order valence-corrected chi connectivity index (χ3v) is 5.67. The van der Waals surface area contributed by atoms with Crippen LogP contribution < -0.4 is 0 Å². The standard InChI is InChI=1S/C24H21F2N/c1-2-3-21-23(25)13-22-19-10-8-17(16-6-4-15(14-27)5-7-16)12-18(19)9-11-20(22)24(21)26/h4-12,21,23-24H,2-3,13H2,1H3. The molecule has 0 radical (unpaired) electrons. The molecule has 0 bridgehead atoms. The van der Waals surface area contributed by atoms with Crippen molar-refractivity contribution in [2.24, 2.45) is 5.92 Å². The van der Waals surface area contributed by atoms with Crippen LogP contribution in [0.5, 0.6) is 0 Å². The van der Waals surface area contributed by atoms with Crippen molar-refractivity contribution in [2.45, 2.75) is 38.5 Å². The van der Waals surface area contributed by atoms with Crippen molar-refractivity contribution in [3.63, 3.8) is 0 Å². The number of nitriles is 1. The maximum absolute atomic E-state index is 15.0. The van der Waals surface area contributed by atoms with Crippen LogP contribution in [0.2, 0.25) is 0 Å². The van der Waals surface area contributed by atoms with Gasteiger partial charge in [-0.25, -0.2) is 8.78 Å². The van der Waals surface area contributed by atoms with Gasteiger partial charge in [0.25, 0.3) is 0 Å². The van der Waals surface area contributed by atoms with Crippen LogP contribution in [0.15, 0.2) is 54.6 Å². The Kier molecular flexibility index (Phi) is 4.66. The highest BCUT2D eigenvalue weighted by Crippen LogP contribution is 2.43. The van der Waals surface area contributed by atoms with Gasteiger partial charge in [0.1, 0.15) is 12.3 Å². The van der Waals surface area contributed by atoms with Gasteiger partial charge >= 0.3 is 0 Å². The lowest BCUT2D eigenvalue weighted by atomic mass is 9.77. The topological polar surface area (TPSA) is 23.8 Å². The van der Waals surface area contributed by atoms with Gasteiger partial charge in [-0.15, -0.1) is 0 Å². The zero-order chi connectivity index (χ0) is 19.0. The molecule has 4 rings (SSSR count). The molecule has 27 heavy (non-hydrogen) atoms. The van der Waals surface area contributed by atoms with E-state index in [1.54, 1.807) is 12.1 Å². The van der Waals surface area contributed by atoms with Gasteiger partial charge in [0, 0.05) is 12.3 Å². The first kappa shape index (κ1) is 17.7. The molecule has 3 heteroatoms. The Morgan fingerprint density at radius 2 is 1.74 bits per heavy atom. The number of alkyl halides is 2. The lowest BCUT2D eigenvalue weighted by Gasteiger charge is -2.32. The molecule has 0 aliphatic heterocycles. The van der Waals surface area contributed by atoms with Crippen LogP contribution in [0.4, 0.5) is 8.78 Å². The van der Waals surface area contributed by atoms with Crippen molar-refractivity contribution in [2.75, 3.05) is 0 Å². The summed E-state index contributed by atoms with van der Waals surface area (Å²) in [6.45, 7) is 1.97. The molecular weight excluding hydrogens is 340 g/mol. The summed E-state index contributed by atoms with van der Waals surface area (Å²) in [5.41, 5.74) is 4.13. The van der Waals surface area contributed by atoms with Gasteiger partial charge in [0.2, 0.25) is 0 Å². The molecular formula is C24H21F2N. The molecule has 0 saturated carbocycles. The fourth-order valence-corrected chi connectivity index (χ4v) is 4.23. The monoisotopic (exact) mass is 361 g/mol. The molecule has 0 saturated heterocycles. The van der Waals surface area contributed by atoms with E-state index in [2.05, 4.69) is 12.1 Å². The number of fused-ring (bicyclic) bond motifs is 3. The first-order valence-corrected chi connectivity index (χ1v) is 9.46. The van der Waals surface area contributed by atoms with Gasteiger partial charge in [-0.2, -0.15) is 5.26 Å². The average molecular weight is 361 g/mol. The molecule has 3 aromatic carbocycles. The summed E-state index contributed by atoms with van der Waals surface area (Å²) in [6.07, 6.45) is -0.698. The van der Waals surface area contributed by atoms with Gasteiger partial charge in [0.05, 0.1) is 11.6 Å². The molecule has 0 amide bonds. The van der Waals surface area contributed by atoms with Crippen molar-refractivity contribution in [3.8, 4) is 17.2 Å². The zero-order valence-electron chi connectivity index (χ0n) is 15.3. The normalized spacial score (nSPS) is 21.6. The van der Waals surface area contributed by atoms with Crippen molar-refractivity contribution < 1.29 is 8.78 Å². The van der Waals surface area contributed by atoms with E-state index in [-0.39, 0.29) is 6.42 Å². The number of nitrogens with zero attached hydrogens (tertiary/aromatic N) is 1. The summed E-state index contributed by atoms with van der Waals surface area (Å²) in [7, 11) is 0. The van der Waals surface area contributed by atoms with E-state index in [1.807, 2.05) is 43.3 Å². The maximum Gasteiger partial charge on any atom is 0.131 e. The predicted octanol–water partition coefficient (Wildman–Crippen LogP) is 6.70. The van der Waals surface area contributed by atoms with Gasteiger partial charge in [-0.05, 0) is 57.6 Å². The Balaban J connectivity index is 1.76. The van der Waals surface area contributed by atoms with Crippen molar-refractivity contribution in [3.05, 3.63) is 71.3 Å².